The molecule has 11 nitrogen and oxygen atoms in total. The van der Waals surface area contributed by atoms with Crippen LogP contribution in [0.15, 0.2) is 0 Å². The summed E-state index contributed by atoms with van der Waals surface area (Å²) in [5, 5.41) is 6.95. The van der Waals surface area contributed by atoms with Crippen LogP contribution in [0.5, 0.6) is 0 Å². The second-order valence-corrected chi connectivity index (χ2v) is 0.175. The zero-order chi connectivity index (χ0) is 9.41. The molecule has 0 aliphatic carbocycles. The van der Waals surface area contributed by atoms with Crippen molar-refractivity contribution in [1.29, 1.82) is 0 Å². The van der Waals surface area contributed by atoms with Gasteiger partial charge in [-0.05, 0) is 6.47 Å². The molecule has 19 N–H and O–H groups in total. The molecule has 0 spiro atoms. The third-order valence-corrected chi connectivity index (χ3v) is 0.0373. The van der Waals surface area contributed by atoms with Crippen molar-refractivity contribution < 1.29 is 64.9 Å². The molecule has 0 heterocycles. The van der Waals surface area contributed by atoms with E-state index in [4.69, 9.17) is 10.1 Å². The average Bonchev–Trinajstić information content (AvgIpc) is 2.14. The van der Waals surface area contributed by atoms with Crippen LogP contribution in [0.1, 0.15) is 63.8 Å². The van der Waals surface area contributed by atoms with E-state index in [9.17, 15) is 0 Å². The molecule has 0 atom stereocenters. The molecule has 1 radical (unpaired) electrons. The minimum absolute atomic E-state index is 0. The maximum atomic E-state index is 8.58. The van der Waals surface area contributed by atoms with Crippen LogP contribution in [0, 0.1) is 0 Å². The van der Waals surface area contributed by atoms with E-state index in [0.29, 0.717) is 0 Å². The number of rotatable bonds is 1. The molecule has 0 aliphatic heterocycles. The van der Waals surface area contributed by atoms with Crippen molar-refractivity contribution >= 4 is 6.47 Å². The number of hydrogen-bond donors (Lipinski definition) is 3. The quantitative estimate of drug-likeness (QED) is 0.236. The fourth-order valence-corrected chi connectivity index (χ4v) is 0. The second-order valence-electron chi connectivity index (χ2n) is 0.175. The van der Waals surface area contributed by atoms with E-state index in [1.54, 1.807) is 0 Å². The summed E-state index contributed by atoms with van der Waals surface area (Å²) in [6.07, 6.45) is 0. The Labute approximate surface area is 148 Å². The molecular formula is C10H49MnN2O9-. The zero-order valence-electron chi connectivity index (χ0n) is 12.6. The van der Waals surface area contributed by atoms with Gasteiger partial charge in [-0.1, -0.05) is 63.8 Å². The average molecular weight is 396 g/mol. The van der Waals surface area contributed by atoms with Crippen LogP contribution in [0.2, 0.25) is 0 Å². The summed E-state index contributed by atoms with van der Waals surface area (Å²) in [7, 11) is 0. The van der Waals surface area contributed by atoms with Crippen LogP contribution in [0.3, 0.4) is 0 Å². The van der Waals surface area contributed by atoms with Gasteiger partial charge in [0.15, 0.2) is 0 Å². The van der Waals surface area contributed by atoms with Gasteiger partial charge in [0.05, 0.1) is 0 Å². The Morgan fingerprint density at radius 2 is 0.682 bits per heavy atom. The third kappa shape index (κ3) is 17200. The molecule has 0 aromatic rings. The summed E-state index contributed by atoms with van der Waals surface area (Å²) >= 11 is 0. The molecule has 22 heavy (non-hydrogen) atoms. The van der Waals surface area contributed by atoms with Crippen molar-refractivity contribution in [2.45, 2.75) is 63.8 Å². The van der Waals surface area contributed by atoms with E-state index < -0.39 is 0 Å². The minimum atomic E-state index is 0. The summed E-state index contributed by atoms with van der Waals surface area (Å²) in [6, 6.07) is 0. The minimum Gasteiger partial charge on any atom is -0.509 e. The smallest absolute Gasteiger partial charge is 0 e. The SMILES string of the molecule is C.C.C.CC.CC.CC.N.N.O.O.O.O.O.O.O=[C-]OO.[Mn]. The predicted molar refractivity (Wildman–Crippen MR) is 95.4 cm³/mol. The molecule has 12 heteroatoms. The van der Waals surface area contributed by atoms with Crippen LogP contribution in [0.4, 0.5) is 0 Å². The van der Waals surface area contributed by atoms with Crippen molar-refractivity contribution in [2.75, 3.05) is 0 Å². The van der Waals surface area contributed by atoms with Gasteiger partial charge in [0.25, 0.3) is 0 Å². The molecule has 0 aromatic heterocycles. The Morgan fingerprint density at radius 1 is 0.636 bits per heavy atom. The van der Waals surface area contributed by atoms with Crippen LogP contribution >= 0.6 is 0 Å². The maximum absolute atomic E-state index is 8.58. The summed E-state index contributed by atoms with van der Waals surface area (Å²) in [5.41, 5.74) is 0. The second kappa shape index (κ2) is 2990. The molecule has 0 unspecified atom stereocenters. The Kier molecular flexibility index (Phi) is 39500. The molecule has 0 saturated heterocycles. The Hall–Kier alpha value is -0.371. The van der Waals surface area contributed by atoms with Gasteiger partial charge in [-0.15, -0.1) is 0 Å². The van der Waals surface area contributed by atoms with Crippen LogP contribution < -0.4 is 12.3 Å². The van der Waals surface area contributed by atoms with Crippen LogP contribution in [-0.2, 0) is 26.8 Å². The first-order valence-electron chi connectivity index (χ1n) is 3.59. The van der Waals surface area contributed by atoms with E-state index in [1.165, 1.54) is 0 Å². The molecule has 0 rings (SSSR count). The van der Waals surface area contributed by atoms with Crippen molar-refractivity contribution in [1.82, 2.24) is 12.3 Å². The van der Waals surface area contributed by atoms with E-state index in [-0.39, 0.29) is 84.5 Å². The summed E-state index contributed by atoms with van der Waals surface area (Å²) in [5.74, 6) is 0. The molecule has 0 aliphatic rings. The van der Waals surface area contributed by atoms with E-state index in [0.717, 1.165) is 6.47 Å². The van der Waals surface area contributed by atoms with Gasteiger partial charge in [0.1, 0.15) is 0 Å². The van der Waals surface area contributed by atoms with Gasteiger partial charge in [0, 0.05) is 17.1 Å². The van der Waals surface area contributed by atoms with Gasteiger partial charge in [0.2, 0.25) is 0 Å². The van der Waals surface area contributed by atoms with E-state index in [2.05, 4.69) is 4.89 Å². The fraction of sp³-hybridized carbons (Fsp3) is 0.900. The van der Waals surface area contributed by atoms with Gasteiger partial charge in [-0.2, -0.15) is 0 Å². The Morgan fingerprint density at radius 3 is 0.682 bits per heavy atom. The first-order valence-corrected chi connectivity index (χ1v) is 3.59. The van der Waals surface area contributed by atoms with Crippen LogP contribution in [-0.4, -0.2) is 44.6 Å². The number of hydrogen-bond acceptors (Lipinski definition) is 5. The van der Waals surface area contributed by atoms with Crippen LogP contribution in [0.25, 0.3) is 0 Å². The normalized spacial score (nSPS) is 1.77. The first kappa shape index (κ1) is 290. The van der Waals surface area contributed by atoms with Gasteiger partial charge in [-0.25, -0.2) is 5.26 Å². The Balaban J connectivity index is -0.00000000136. The predicted octanol–water partition coefficient (Wildman–Crippen LogP) is -0.0966. The summed E-state index contributed by atoms with van der Waals surface area (Å²) in [4.78, 5) is 11.3. The summed E-state index contributed by atoms with van der Waals surface area (Å²) in [6.45, 7) is 12.7. The summed E-state index contributed by atoms with van der Waals surface area (Å²) < 4.78 is 0. The largest absolute Gasteiger partial charge is 0.509 e. The van der Waals surface area contributed by atoms with E-state index in [1.807, 2.05) is 41.5 Å². The third-order valence-electron chi connectivity index (χ3n) is 0.0373. The molecule has 0 bridgehead atoms. The van der Waals surface area contributed by atoms with Crippen molar-refractivity contribution in [3.8, 4) is 0 Å². The molecular weight excluding hydrogens is 347 g/mol. The van der Waals surface area contributed by atoms with E-state index >= 15 is 0 Å². The Bertz CT molecular complexity index is 48.4. The maximum Gasteiger partial charge on any atom is 0 e. The van der Waals surface area contributed by atoms with Crippen molar-refractivity contribution in [2.24, 2.45) is 0 Å². The fourth-order valence-electron chi connectivity index (χ4n) is 0. The molecule has 0 aromatic carbocycles. The first-order chi connectivity index (χ1) is 4.91. The zero-order valence-corrected chi connectivity index (χ0v) is 13.7. The molecule has 161 valence electrons. The van der Waals surface area contributed by atoms with Gasteiger partial charge >= 0.3 is 0 Å². The topological polar surface area (TPSA) is 306 Å². The molecule has 0 fully saturated rings. The van der Waals surface area contributed by atoms with Gasteiger partial charge < -0.3 is 54.8 Å². The van der Waals surface area contributed by atoms with Crippen molar-refractivity contribution in [3.63, 3.8) is 0 Å². The monoisotopic (exact) mass is 396 g/mol. The number of carbonyl (C=O) groups excluding carboxylic acids is 1. The standard InChI is InChI=1S/3C2H6.CHO3.3CH4.Mn.2H3N.6H2O/c3*1-2;2-1-4-3;;;;;;;;;;;;/h3*1-2H3;3H;3*1H4;;2*1H3;6*1H2/q;;;-1;;;;;;;;;;;;. The molecule has 0 saturated carbocycles. The van der Waals surface area contributed by atoms with Crippen molar-refractivity contribution in [3.05, 3.63) is 0 Å². The van der Waals surface area contributed by atoms with Gasteiger partial charge in [-0.3, -0.25) is 0 Å². The molecule has 0 amide bonds.